The maximum Gasteiger partial charge on any atom is 0.260 e. The molecule has 0 aliphatic rings. The van der Waals surface area contributed by atoms with Crippen molar-refractivity contribution in [2.45, 2.75) is 13.0 Å². The number of carbonyl (C=O) groups is 1. The van der Waals surface area contributed by atoms with Gasteiger partial charge in [-0.25, -0.2) is 9.97 Å². The van der Waals surface area contributed by atoms with Crippen LogP contribution in [0.5, 0.6) is 0 Å². The number of aromatic nitrogens is 3. The highest BCUT2D eigenvalue weighted by Crippen LogP contribution is 2.32. The normalized spacial score (nSPS) is 11.1. The van der Waals surface area contributed by atoms with Crippen molar-refractivity contribution in [2.24, 2.45) is 0 Å². The minimum atomic E-state index is -0.0721. The Morgan fingerprint density at radius 3 is 2.93 bits per heavy atom. The molecule has 0 radical (unpaired) electrons. The lowest BCUT2D eigenvalue weighted by atomic mass is 10.2. The first-order valence-corrected chi connectivity index (χ1v) is 10.7. The van der Waals surface area contributed by atoms with Crippen LogP contribution in [0.25, 0.3) is 10.2 Å². The number of hydrogen-bond donors (Lipinski definition) is 0. The Labute approximate surface area is 179 Å². The lowest BCUT2D eigenvalue weighted by Gasteiger charge is -2.20. The second kappa shape index (κ2) is 8.43. The first-order chi connectivity index (χ1) is 13.6. The molecule has 0 bridgehead atoms. The zero-order chi connectivity index (χ0) is 19.5. The Morgan fingerprint density at radius 2 is 2.14 bits per heavy atom. The molecular formula is C20H16BrClN4OS. The number of carbonyl (C=O) groups excluding carboxylic acids is 1. The molecule has 28 heavy (non-hydrogen) atoms. The van der Waals surface area contributed by atoms with E-state index in [1.165, 1.54) is 11.3 Å². The zero-order valence-corrected chi connectivity index (χ0v) is 17.9. The smallest absolute Gasteiger partial charge is 0.260 e. The van der Waals surface area contributed by atoms with E-state index in [1.54, 1.807) is 17.4 Å². The van der Waals surface area contributed by atoms with Crippen LogP contribution >= 0.6 is 38.9 Å². The van der Waals surface area contributed by atoms with E-state index in [0.29, 0.717) is 22.3 Å². The van der Waals surface area contributed by atoms with Crippen molar-refractivity contribution in [3.05, 3.63) is 76.2 Å². The van der Waals surface area contributed by atoms with E-state index in [4.69, 9.17) is 11.6 Å². The molecular weight excluding hydrogens is 460 g/mol. The van der Waals surface area contributed by atoms with Crippen molar-refractivity contribution in [3.8, 4) is 0 Å². The summed E-state index contributed by atoms with van der Waals surface area (Å²) in [4.78, 5) is 23.7. The molecule has 4 aromatic rings. The summed E-state index contributed by atoms with van der Waals surface area (Å²) in [5.41, 5.74) is 1.46. The van der Waals surface area contributed by atoms with Crippen molar-refractivity contribution < 1.29 is 4.79 Å². The number of rotatable bonds is 6. The molecule has 0 N–H and O–H groups in total. The highest BCUT2D eigenvalue weighted by molar-refractivity contribution is 9.10. The zero-order valence-electron chi connectivity index (χ0n) is 14.8. The van der Waals surface area contributed by atoms with E-state index in [0.717, 1.165) is 27.7 Å². The van der Waals surface area contributed by atoms with E-state index < -0.39 is 0 Å². The summed E-state index contributed by atoms with van der Waals surface area (Å²) >= 11 is 11.0. The molecule has 0 unspecified atom stereocenters. The van der Waals surface area contributed by atoms with E-state index in [9.17, 15) is 4.79 Å². The Balaban J connectivity index is 1.63. The maximum absolute atomic E-state index is 13.3. The molecule has 5 nitrogen and oxygen atoms in total. The van der Waals surface area contributed by atoms with Gasteiger partial charge in [0.2, 0.25) is 0 Å². The molecule has 1 amide bonds. The molecule has 8 heteroatoms. The predicted octanol–water partition coefficient (Wildman–Crippen LogP) is 5.65. The van der Waals surface area contributed by atoms with Crippen LogP contribution < -0.4 is 4.90 Å². The van der Waals surface area contributed by atoms with Gasteiger partial charge in [0.25, 0.3) is 5.91 Å². The molecule has 0 saturated heterocycles. The number of thiazole rings is 1. The fourth-order valence-electron chi connectivity index (χ4n) is 2.89. The van der Waals surface area contributed by atoms with Crippen molar-refractivity contribution in [1.82, 2.24) is 14.5 Å². The van der Waals surface area contributed by atoms with Gasteiger partial charge in [-0.3, -0.25) is 9.69 Å². The van der Waals surface area contributed by atoms with Crippen LogP contribution in [0.3, 0.4) is 0 Å². The number of nitrogens with zero attached hydrogens (tertiary/aromatic N) is 4. The van der Waals surface area contributed by atoms with Gasteiger partial charge in [-0.15, -0.1) is 0 Å². The fourth-order valence-corrected chi connectivity index (χ4v) is 4.56. The number of halogens is 2. The Kier molecular flexibility index (Phi) is 5.75. The van der Waals surface area contributed by atoms with Gasteiger partial charge in [0.05, 0.1) is 16.5 Å². The summed E-state index contributed by atoms with van der Waals surface area (Å²) < 4.78 is 3.83. The molecule has 0 fully saturated rings. The predicted molar refractivity (Wildman–Crippen MR) is 117 cm³/mol. The van der Waals surface area contributed by atoms with Gasteiger partial charge in [-0.2, -0.15) is 0 Å². The van der Waals surface area contributed by atoms with E-state index in [1.807, 2.05) is 53.2 Å². The number of anilines is 1. The van der Waals surface area contributed by atoms with Gasteiger partial charge in [0.15, 0.2) is 5.13 Å². The summed E-state index contributed by atoms with van der Waals surface area (Å²) in [6, 6.07) is 13.0. The van der Waals surface area contributed by atoms with Gasteiger partial charge >= 0.3 is 0 Å². The first-order valence-electron chi connectivity index (χ1n) is 8.69. The largest absolute Gasteiger partial charge is 0.337 e. The third-order valence-electron chi connectivity index (χ3n) is 4.24. The summed E-state index contributed by atoms with van der Waals surface area (Å²) in [5, 5.41) is 1.33. The number of hydrogen-bond acceptors (Lipinski definition) is 4. The van der Waals surface area contributed by atoms with Crippen LogP contribution in [-0.2, 0) is 6.54 Å². The minimum absolute atomic E-state index is 0.0721. The SMILES string of the molecule is O=C(c1cccc(Br)c1)N(CCCn1ccnc1)c1nc2ccc(Cl)cc2s1. The fraction of sp³-hybridized carbons (Fsp3) is 0.150. The van der Waals surface area contributed by atoms with E-state index >= 15 is 0 Å². The summed E-state index contributed by atoms with van der Waals surface area (Å²) in [5.74, 6) is -0.0721. The molecule has 2 aromatic carbocycles. The standard InChI is InChI=1S/C20H16BrClN4OS/c21-15-4-1-3-14(11-15)19(27)26(9-2-8-25-10-7-23-13-25)20-24-17-6-5-16(22)12-18(17)28-20/h1,3-7,10-13H,2,8-9H2. The van der Waals surface area contributed by atoms with E-state index in [-0.39, 0.29) is 5.91 Å². The Hall–Kier alpha value is -2.22. The average molecular weight is 476 g/mol. The number of amides is 1. The third kappa shape index (κ3) is 4.27. The molecule has 0 atom stereocenters. The molecule has 0 aliphatic heterocycles. The quantitative estimate of drug-likeness (QED) is 0.362. The highest BCUT2D eigenvalue weighted by Gasteiger charge is 2.21. The summed E-state index contributed by atoms with van der Waals surface area (Å²) in [6.45, 7) is 1.33. The van der Waals surface area contributed by atoms with Gasteiger partial charge in [0.1, 0.15) is 0 Å². The van der Waals surface area contributed by atoms with Crippen molar-refractivity contribution in [1.29, 1.82) is 0 Å². The van der Waals surface area contributed by atoms with Crippen LogP contribution in [0.1, 0.15) is 16.8 Å². The topological polar surface area (TPSA) is 51.0 Å². The molecule has 142 valence electrons. The van der Waals surface area contributed by atoms with Crippen LogP contribution in [0.2, 0.25) is 5.02 Å². The molecule has 0 aliphatic carbocycles. The van der Waals surface area contributed by atoms with Crippen LogP contribution in [0, 0.1) is 0 Å². The number of benzene rings is 2. The molecule has 0 spiro atoms. The minimum Gasteiger partial charge on any atom is -0.337 e. The monoisotopic (exact) mass is 474 g/mol. The number of imidazole rings is 1. The third-order valence-corrected chi connectivity index (χ3v) is 6.01. The first kappa shape index (κ1) is 19.1. The van der Waals surface area contributed by atoms with Gasteiger partial charge in [-0.1, -0.05) is 44.9 Å². The van der Waals surface area contributed by atoms with Crippen molar-refractivity contribution >= 4 is 60.1 Å². The molecule has 2 heterocycles. The second-order valence-corrected chi connectivity index (χ2v) is 8.59. The number of fused-ring (bicyclic) bond motifs is 1. The van der Waals surface area contributed by atoms with Gasteiger partial charge < -0.3 is 4.57 Å². The summed E-state index contributed by atoms with van der Waals surface area (Å²) in [7, 11) is 0. The lowest BCUT2D eigenvalue weighted by Crippen LogP contribution is -2.32. The molecule has 4 rings (SSSR count). The highest BCUT2D eigenvalue weighted by atomic mass is 79.9. The maximum atomic E-state index is 13.3. The molecule has 0 saturated carbocycles. The van der Waals surface area contributed by atoms with Crippen LogP contribution in [-0.4, -0.2) is 27.0 Å². The van der Waals surface area contributed by atoms with Crippen LogP contribution in [0.15, 0.2) is 65.7 Å². The lowest BCUT2D eigenvalue weighted by molar-refractivity contribution is 0.0986. The van der Waals surface area contributed by atoms with Crippen molar-refractivity contribution in [3.63, 3.8) is 0 Å². The Morgan fingerprint density at radius 1 is 1.25 bits per heavy atom. The summed E-state index contributed by atoms with van der Waals surface area (Å²) in [6.07, 6.45) is 6.23. The Bertz CT molecular complexity index is 1110. The van der Waals surface area contributed by atoms with Crippen LogP contribution in [0.4, 0.5) is 5.13 Å². The van der Waals surface area contributed by atoms with Gasteiger partial charge in [-0.05, 0) is 42.8 Å². The molecule has 2 aromatic heterocycles. The number of aryl methyl sites for hydroxylation is 1. The second-order valence-electron chi connectivity index (χ2n) is 6.23. The van der Waals surface area contributed by atoms with E-state index in [2.05, 4.69) is 25.9 Å². The van der Waals surface area contributed by atoms with Crippen molar-refractivity contribution in [2.75, 3.05) is 11.4 Å². The van der Waals surface area contributed by atoms with Gasteiger partial charge in [0, 0.05) is 40.5 Å². The average Bonchev–Trinajstić information content (AvgIpc) is 3.34.